The molecule has 0 heterocycles. The molecule has 72 valence electrons. The third kappa shape index (κ3) is 3.15. The summed E-state index contributed by atoms with van der Waals surface area (Å²) in [6, 6.07) is 7.49. The molecule has 2 N–H and O–H groups in total. The average Bonchev–Trinajstić information content (AvgIpc) is 2.08. The maximum Gasteiger partial charge on any atom is 0.119 e. The number of aryl methyl sites for hydroxylation is 1. The SMILES string of the molecule is Cc1ccc(CC(F)C(C)N)cc1. The van der Waals surface area contributed by atoms with Gasteiger partial charge in [0.05, 0.1) is 0 Å². The van der Waals surface area contributed by atoms with Crippen LogP contribution >= 0.6 is 0 Å². The molecule has 2 atom stereocenters. The molecule has 0 saturated carbocycles. The fraction of sp³-hybridized carbons (Fsp3) is 0.455. The second kappa shape index (κ2) is 4.38. The molecule has 1 aromatic carbocycles. The van der Waals surface area contributed by atoms with Crippen LogP contribution in [0.5, 0.6) is 0 Å². The lowest BCUT2D eigenvalue weighted by molar-refractivity contribution is 0.290. The molecule has 0 aliphatic heterocycles. The van der Waals surface area contributed by atoms with Crippen molar-refractivity contribution in [2.75, 3.05) is 0 Å². The summed E-state index contributed by atoms with van der Waals surface area (Å²) in [7, 11) is 0. The smallest absolute Gasteiger partial charge is 0.119 e. The van der Waals surface area contributed by atoms with Crippen molar-refractivity contribution >= 4 is 0 Å². The van der Waals surface area contributed by atoms with Crippen molar-refractivity contribution in [3.05, 3.63) is 35.4 Å². The standard InChI is InChI=1S/C11H16FN/c1-8-3-5-10(6-4-8)7-11(12)9(2)13/h3-6,9,11H,7,13H2,1-2H3. The number of rotatable bonds is 3. The van der Waals surface area contributed by atoms with Crippen LogP contribution in [-0.2, 0) is 6.42 Å². The molecule has 1 aromatic rings. The summed E-state index contributed by atoms with van der Waals surface area (Å²) in [5.41, 5.74) is 7.64. The van der Waals surface area contributed by atoms with Crippen LogP contribution in [0.2, 0.25) is 0 Å². The first-order valence-electron chi connectivity index (χ1n) is 4.55. The van der Waals surface area contributed by atoms with E-state index in [2.05, 4.69) is 0 Å². The Bertz CT molecular complexity index is 253. The second-order valence-corrected chi connectivity index (χ2v) is 3.56. The summed E-state index contributed by atoms with van der Waals surface area (Å²) >= 11 is 0. The molecule has 0 bridgehead atoms. The molecule has 13 heavy (non-hydrogen) atoms. The molecule has 0 aliphatic carbocycles. The first-order chi connectivity index (χ1) is 6.09. The van der Waals surface area contributed by atoms with Gasteiger partial charge in [0.25, 0.3) is 0 Å². The van der Waals surface area contributed by atoms with Gasteiger partial charge in [0.2, 0.25) is 0 Å². The maximum absolute atomic E-state index is 13.2. The fourth-order valence-electron chi connectivity index (χ4n) is 1.14. The van der Waals surface area contributed by atoms with Gasteiger partial charge in [-0.2, -0.15) is 0 Å². The van der Waals surface area contributed by atoms with Crippen molar-refractivity contribution in [2.24, 2.45) is 5.73 Å². The van der Waals surface area contributed by atoms with Crippen LogP contribution in [0.3, 0.4) is 0 Å². The van der Waals surface area contributed by atoms with Crippen molar-refractivity contribution in [1.82, 2.24) is 0 Å². The highest BCUT2D eigenvalue weighted by Crippen LogP contribution is 2.09. The Kier molecular flexibility index (Phi) is 3.43. The van der Waals surface area contributed by atoms with E-state index in [1.807, 2.05) is 31.2 Å². The topological polar surface area (TPSA) is 26.0 Å². The van der Waals surface area contributed by atoms with E-state index in [1.165, 1.54) is 5.56 Å². The molecule has 2 unspecified atom stereocenters. The number of nitrogens with two attached hydrogens (primary N) is 1. The number of halogens is 1. The van der Waals surface area contributed by atoms with E-state index in [0.717, 1.165) is 5.56 Å². The zero-order chi connectivity index (χ0) is 9.84. The second-order valence-electron chi connectivity index (χ2n) is 3.56. The number of hydrogen-bond donors (Lipinski definition) is 1. The molecular weight excluding hydrogens is 165 g/mol. The molecule has 0 fully saturated rings. The van der Waals surface area contributed by atoms with E-state index in [-0.39, 0.29) is 6.04 Å². The third-order valence-corrected chi connectivity index (χ3v) is 2.12. The fourth-order valence-corrected chi connectivity index (χ4v) is 1.14. The molecule has 0 amide bonds. The van der Waals surface area contributed by atoms with Gasteiger partial charge in [-0.1, -0.05) is 29.8 Å². The zero-order valence-electron chi connectivity index (χ0n) is 8.13. The Morgan fingerprint density at radius 1 is 1.31 bits per heavy atom. The minimum atomic E-state index is -0.942. The molecule has 0 radical (unpaired) electrons. The van der Waals surface area contributed by atoms with E-state index >= 15 is 0 Å². The van der Waals surface area contributed by atoms with Gasteiger partial charge >= 0.3 is 0 Å². The van der Waals surface area contributed by atoms with Crippen molar-refractivity contribution in [1.29, 1.82) is 0 Å². The van der Waals surface area contributed by atoms with E-state index in [4.69, 9.17) is 5.73 Å². The van der Waals surface area contributed by atoms with Gasteiger partial charge in [0, 0.05) is 12.5 Å². The van der Waals surface area contributed by atoms with Gasteiger partial charge in [-0.25, -0.2) is 4.39 Å². The molecule has 0 saturated heterocycles. The van der Waals surface area contributed by atoms with Gasteiger partial charge in [0.1, 0.15) is 6.17 Å². The van der Waals surface area contributed by atoms with E-state index in [9.17, 15) is 4.39 Å². The van der Waals surface area contributed by atoms with Crippen LogP contribution in [0.1, 0.15) is 18.1 Å². The summed E-state index contributed by atoms with van der Waals surface area (Å²) in [5.74, 6) is 0. The van der Waals surface area contributed by atoms with Crippen LogP contribution in [0.4, 0.5) is 4.39 Å². The Balaban J connectivity index is 2.59. The summed E-state index contributed by atoms with van der Waals surface area (Å²) < 4.78 is 13.2. The first kappa shape index (κ1) is 10.2. The summed E-state index contributed by atoms with van der Waals surface area (Å²) in [6.07, 6.45) is -0.527. The van der Waals surface area contributed by atoms with Gasteiger partial charge in [-0.15, -0.1) is 0 Å². The maximum atomic E-state index is 13.2. The van der Waals surface area contributed by atoms with Crippen molar-refractivity contribution in [3.63, 3.8) is 0 Å². The lowest BCUT2D eigenvalue weighted by atomic mass is 10.0. The Labute approximate surface area is 78.8 Å². The molecular formula is C11H16FN. The molecule has 1 nitrogen and oxygen atoms in total. The average molecular weight is 181 g/mol. The predicted octanol–water partition coefficient (Wildman–Crippen LogP) is 2.22. The Morgan fingerprint density at radius 2 is 1.85 bits per heavy atom. The van der Waals surface area contributed by atoms with Gasteiger partial charge in [-0.3, -0.25) is 0 Å². The highest BCUT2D eigenvalue weighted by Gasteiger charge is 2.11. The Hall–Kier alpha value is -0.890. The van der Waals surface area contributed by atoms with Crippen molar-refractivity contribution in [2.45, 2.75) is 32.5 Å². The number of alkyl halides is 1. The zero-order valence-corrected chi connectivity index (χ0v) is 8.13. The van der Waals surface area contributed by atoms with Crippen molar-refractivity contribution < 1.29 is 4.39 Å². The third-order valence-electron chi connectivity index (χ3n) is 2.12. The van der Waals surface area contributed by atoms with Crippen LogP contribution in [-0.4, -0.2) is 12.2 Å². The molecule has 1 rings (SSSR count). The number of benzene rings is 1. The largest absolute Gasteiger partial charge is 0.325 e. The molecule has 0 aromatic heterocycles. The summed E-state index contributed by atoms with van der Waals surface area (Å²) in [4.78, 5) is 0. The lowest BCUT2D eigenvalue weighted by Gasteiger charge is -2.11. The molecule has 0 aliphatic rings. The molecule has 0 spiro atoms. The molecule has 2 heteroatoms. The quantitative estimate of drug-likeness (QED) is 0.760. The minimum Gasteiger partial charge on any atom is -0.325 e. The summed E-state index contributed by atoms with van der Waals surface area (Å²) in [6.45, 7) is 3.71. The minimum absolute atomic E-state index is 0.388. The van der Waals surface area contributed by atoms with Gasteiger partial charge in [0.15, 0.2) is 0 Å². The van der Waals surface area contributed by atoms with E-state index in [0.29, 0.717) is 6.42 Å². The van der Waals surface area contributed by atoms with Gasteiger partial charge < -0.3 is 5.73 Å². The van der Waals surface area contributed by atoms with E-state index in [1.54, 1.807) is 6.92 Å². The van der Waals surface area contributed by atoms with Crippen LogP contribution in [0, 0.1) is 6.92 Å². The van der Waals surface area contributed by atoms with Crippen LogP contribution < -0.4 is 5.73 Å². The van der Waals surface area contributed by atoms with E-state index < -0.39 is 6.17 Å². The highest BCUT2D eigenvalue weighted by atomic mass is 19.1. The lowest BCUT2D eigenvalue weighted by Crippen LogP contribution is -2.29. The number of hydrogen-bond acceptors (Lipinski definition) is 1. The van der Waals surface area contributed by atoms with Crippen LogP contribution in [0.25, 0.3) is 0 Å². The monoisotopic (exact) mass is 181 g/mol. The Morgan fingerprint density at radius 3 is 2.31 bits per heavy atom. The van der Waals surface area contributed by atoms with Gasteiger partial charge in [-0.05, 0) is 19.4 Å². The highest BCUT2D eigenvalue weighted by molar-refractivity contribution is 5.21. The predicted molar refractivity (Wildman–Crippen MR) is 53.4 cm³/mol. The summed E-state index contributed by atoms with van der Waals surface area (Å²) in [5, 5.41) is 0. The van der Waals surface area contributed by atoms with Crippen LogP contribution in [0.15, 0.2) is 24.3 Å². The van der Waals surface area contributed by atoms with Crippen molar-refractivity contribution in [3.8, 4) is 0 Å². The first-order valence-corrected chi connectivity index (χ1v) is 4.55. The normalized spacial score (nSPS) is 15.4.